The maximum Gasteiger partial charge on any atom is 0.256 e. The normalized spacial score (nSPS) is 11.1. The molecule has 0 spiro atoms. The van der Waals surface area contributed by atoms with Crippen molar-refractivity contribution in [2.24, 2.45) is 0 Å². The first-order valence-electron chi connectivity index (χ1n) is 5.74. The Morgan fingerprint density at radius 3 is 2.25 bits per heavy atom. The number of amides is 1. The van der Waals surface area contributed by atoms with Crippen LogP contribution in [0.25, 0.3) is 0 Å². The Bertz CT molecular complexity index is 739. The molecular formula is C14H12ClNO3S. The van der Waals surface area contributed by atoms with Crippen LogP contribution in [-0.2, 0) is 9.84 Å². The second-order valence-electron chi connectivity index (χ2n) is 4.23. The average Bonchev–Trinajstić information content (AvgIpc) is 2.40. The SMILES string of the molecule is CS(=O)(=O)c1ccccc1C(=O)Nc1ccc(Cl)cc1. The van der Waals surface area contributed by atoms with Gasteiger partial charge in [0.15, 0.2) is 9.84 Å². The van der Waals surface area contributed by atoms with E-state index in [1.807, 2.05) is 0 Å². The van der Waals surface area contributed by atoms with Gasteiger partial charge in [0.1, 0.15) is 0 Å². The molecule has 1 amide bonds. The molecule has 104 valence electrons. The monoisotopic (exact) mass is 309 g/mol. The topological polar surface area (TPSA) is 63.2 Å². The molecule has 0 aliphatic carbocycles. The fourth-order valence-electron chi connectivity index (χ4n) is 1.71. The van der Waals surface area contributed by atoms with Crippen molar-refractivity contribution < 1.29 is 13.2 Å². The molecule has 1 N–H and O–H groups in total. The van der Waals surface area contributed by atoms with Crippen LogP contribution in [0.4, 0.5) is 5.69 Å². The lowest BCUT2D eigenvalue weighted by molar-refractivity contribution is 0.102. The van der Waals surface area contributed by atoms with Crippen molar-refractivity contribution in [3.63, 3.8) is 0 Å². The first-order chi connectivity index (χ1) is 9.38. The Morgan fingerprint density at radius 2 is 1.65 bits per heavy atom. The molecule has 0 atom stereocenters. The van der Waals surface area contributed by atoms with Gasteiger partial charge in [0.2, 0.25) is 0 Å². The minimum absolute atomic E-state index is 0.00598. The summed E-state index contributed by atoms with van der Waals surface area (Å²) < 4.78 is 23.3. The van der Waals surface area contributed by atoms with Crippen LogP contribution >= 0.6 is 11.6 Å². The number of nitrogens with one attached hydrogen (secondary N) is 1. The molecule has 4 nitrogen and oxygen atoms in total. The minimum Gasteiger partial charge on any atom is -0.322 e. The molecule has 0 aromatic heterocycles. The van der Waals surface area contributed by atoms with E-state index in [0.717, 1.165) is 6.26 Å². The first kappa shape index (κ1) is 14.6. The lowest BCUT2D eigenvalue weighted by Gasteiger charge is -2.09. The second kappa shape index (κ2) is 5.64. The molecule has 0 heterocycles. The quantitative estimate of drug-likeness (QED) is 0.948. The number of hydrogen-bond acceptors (Lipinski definition) is 3. The number of halogens is 1. The van der Waals surface area contributed by atoms with Crippen LogP contribution in [0.2, 0.25) is 5.02 Å². The van der Waals surface area contributed by atoms with Gasteiger partial charge < -0.3 is 5.32 Å². The summed E-state index contributed by atoms with van der Waals surface area (Å²) in [6.07, 6.45) is 1.07. The van der Waals surface area contributed by atoms with Crippen molar-refractivity contribution in [2.75, 3.05) is 11.6 Å². The van der Waals surface area contributed by atoms with E-state index in [1.54, 1.807) is 36.4 Å². The molecule has 0 radical (unpaired) electrons. The number of carbonyl (C=O) groups is 1. The number of anilines is 1. The molecule has 0 saturated heterocycles. The maximum absolute atomic E-state index is 12.2. The average molecular weight is 310 g/mol. The zero-order valence-electron chi connectivity index (χ0n) is 10.6. The second-order valence-corrected chi connectivity index (χ2v) is 6.65. The van der Waals surface area contributed by atoms with Crippen LogP contribution in [0.5, 0.6) is 0 Å². The first-order valence-corrected chi connectivity index (χ1v) is 8.01. The van der Waals surface area contributed by atoms with E-state index in [0.29, 0.717) is 10.7 Å². The number of carbonyl (C=O) groups excluding carboxylic acids is 1. The van der Waals surface area contributed by atoms with Gasteiger partial charge in [-0.25, -0.2) is 8.42 Å². The molecule has 0 bridgehead atoms. The van der Waals surface area contributed by atoms with Gasteiger partial charge in [-0.15, -0.1) is 0 Å². The molecule has 0 aliphatic heterocycles. The van der Waals surface area contributed by atoms with Crippen LogP contribution in [0.15, 0.2) is 53.4 Å². The van der Waals surface area contributed by atoms with Crippen molar-refractivity contribution in [2.45, 2.75) is 4.90 Å². The van der Waals surface area contributed by atoms with Crippen molar-refractivity contribution in [1.82, 2.24) is 0 Å². The van der Waals surface area contributed by atoms with Crippen molar-refractivity contribution in [3.8, 4) is 0 Å². The molecule has 6 heteroatoms. The van der Waals surface area contributed by atoms with Crippen molar-refractivity contribution >= 4 is 33.0 Å². The van der Waals surface area contributed by atoms with E-state index in [9.17, 15) is 13.2 Å². The number of benzene rings is 2. The standard InChI is InChI=1S/C14H12ClNO3S/c1-20(18,19)13-5-3-2-4-12(13)14(17)16-11-8-6-10(15)7-9-11/h2-9H,1H3,(H,16,17). The largest absolute Gasteiger partial charge is 0.322 e. The van der Waals surface area contributed by atoms with E-state index < -0.39 is 15.7 Å². The fourth-order valence-corrected chi connectivity index (χ4v) is 2.72. The molecular weight excluding hydrogens is 298 g/mol. The van der Waals surface area contributed by atoms with Gasteiger partial charge in [-0.05, 0) is 36.4 Å². The minimum atomic E-state index is -3.46. The Balaban J connectivity index is 2.33. The summed E-state index contributed by atoms with van der Waals surface area (Å²) in [5, 5.41) is 3.19. The van der Waals surface area contributed by atoms with E-state index >= 15 is 0 Å². The zero-order valence-corrected chi connectivity index (χ0v) is 12.2. The summed E-state index contributed by atoms with van der Waals surface area (Å²) in [6, 6.07) is 12.6. The lowest BCUT2D eigenvalue weighted by Crippen LogP contribution is -2.15. The van der Waals surface area contributed by atoms with Crippen LogP contribution in [0.3, 0.4) is 0 Å². The smallest absolute Gasteiger partial charge is 0.256 e. The van der Waals surface area contributed by atoms with Crippen LogP contribution in [0, 0.1) is 0 Å². The summed E-state index contributed by atoms with van der Waals surface area (Å²) in [6.45, 7) is 0. The van der Waals surface area contributed by atoms with Gasteiger partial charge in [-0.3, -0.25) is 4.79 Å². The summed E-state index contributed by atoms with van der Waals surface area (Å²) >= 11 is 5.76. The lowest BCUT2D eigenvalue weighted by atomic mass is 10.2. The number of rotatable bonds is 3. The molecule has 20 heavy (non-hydrogen) atoms. The highest BCUT2D eigenvalue weighted by atomic mass is 35.5. The fraction of sp³-hybridized carbons (Fsp3) is 0.0714. The third kappa shape index (κ3) is 3.37. The Morgan fingerprint density at radius 1 is 1.05 bits per heavy atom. The molecule has 0 aliphatic rings. The highest BCUT2D eigenvalue weighted by molar-refractivity contribution is 7.90. The van der Waals surface area contributed by atoms with Crippen LogP contribution in [-0.4, -0.2) is 20.6 Å². The molecule has 0 fully saturated rings. The Kier molecular flexibility index (Phi) is 4.11. The van der Waals surface area contributed by atoms with Gasteiger partial charge in [0.05, 0.1) is 10.5 Å². The van der Waals surface area contributed by atoms with Gasteiger partial charge in [-0.1, -0.05) is 23.7 Å². The zero-order chi connectivity index (χ0) is 14.8. The van der Waals surface area contributed by atoms with Gasteiger partial charge in [-0.2, -0.15) is 0 Å². The van der Waals surface area contributed by atoms with E-state index in [2.05, 4.69) is 5.32 Å². The van der Waals surface area contributed by atoms with Crippen LogP contribution in [0.1, 0.15) is 10.4 Å². The maximum atomic E-state index is 12.2. The van der Waals surface area contributed by atoms with Crippen molar-refractivity contribution in [1.29, 1.82) is 0 Å². The van der Waals surface area contributed by atoms with E-state index in [-0.39, 0.29) is 10.5 Å². The predicted molar refractivity (Wildman–Crippen MR) is 79.0 cm³/mol. The highest BCUT2D eigenvalue weighted by Crippen LogP contribution is 2.18. The molecule has 2 aromatic carbocycles. The summed E-state index contributed by atoms with van der Waals surface area (Å²) in [7, 11) is -3.46. The summed E-state index contributed by atoms with van der Waals surface area (Å²) in [5.74, 6) is -0.478. The molecule has 2 rings (SSSR count). The molecule has 0 saturated carbocycles. The third-order valence-corrected chi connectivity index (χ3v) is 4.04. The summed E-state index contributed by atoms with van der Waals surface area (Å²) in [5.41, 5.74) is 0.660. The van der Waals surface area contributed by atoms with Gasteiger partial charge >= 0.3 is 0 Å². The van der Waals surface area contributed by atoms with Gasteiger partial charge in [0.25, 0.3) is 5.91 Å². The third-order valence-electron chi connectivity index (χ3n) is 2.63. The Labute approximate surface area is 122 Å². The molecule has 0 unspecified atom stereocenters. The predicted octanol–water partition coefficient (Wildman–Crippen LogP) is 3.00. The van der Waals surface area contributed by atoms with Crippen molar-refractivity contribution in [3.05, 3.63) is 59.1 Å². The van der Waals surface area contributed by atoms with Gasteiger partial charge in [0, 0.05) is 17.0 Å². The highest BCUT2D eigenvalue weighted by Gasteiger charge is 2.18. The van der Waals surface area contributed by atoms with Crippen LogP contribution < -0.4 is 5.32 Å². The van der Waals surface area contributed by atoms with E-state index in [1.165, 1.54) is 12.1 Å². The van der Waals surface area contributed by atoms with E-state index in [4.69, 9.17) is 11.6 Å². The Hall–Kier alpha value is -1.85. The molecule has 2 aromatic rings. The summed E-state index contributed by atoms with van der Waals surface area (Å²) in [4.78, 5) is 12.2. The number of sulfone groups is 1. The number of hydrogen-bond donors (Lipinski definition) is 1.